The van der Waals surface area contributed by atoms with Crippen LogP contribution in [0.1, 0.15) is 57.8 Å². The standard InChI is InChI=1S/C14H23NO/c15-13-9-5-8-12(10-13)14(16)11-6-3-1-2-4-7-11/h6,12-13H,1-5,7-10,15H2. The van der Waals surface area contributed by atoms with Crippen LogP contribution in [0.3, 0.4) is 0 Å². The fourth-order valence-corrected chi connectivity index (χ4v) is 2.97. The van der Waals surface area contributed by atoms with Gasteiger partial charge < -0.3 is 5.73 Å². The predicted molar refractivity (Wildman–Crippen MR) is 66.1 cm³/mol. The highest BCUT2D eigenvalue weighted by Gasteiger charge is 2.27. The third-order valence-corrected chi connectivity index (χ3v) is 3.94. The molecule has 0 heterocycles. The van der Waals surface area contributed by atoms with Crippen LogP contribution in [-0.2, 0) is 4.79 Å². The van der Waals surface area contributed by atoms with Crippen LogP contribution < -0.4 is 5.73 Å². The fourth-order valence-electron chi connectivity index (χ4n) is 2.97. The van der Waals surface area contributed by atoms with Crippen LogP contribution in [0.4, 0.5) is 0 Å². The van der Waals surface area contributed by atoms with Crippen molar-refractivity contribution in [2.45, 2.75) is 63.8 Å². The van der Waals surface area contributed by atoms with Crippen LogP contribution in [0, 0.1) is 5.92 Å². The molecule has 0 aromatic carbocycles. The quantitative estimate of drug-likeness (QED) is 0.779. The van der Waals surface area contributed by atoms with Crippen molar-refractivity contribution in [3.63, 3.8) is 0 Å². The Morgan fingerprint density at radius 1 is 1.19 bits per heavy atom. The number of ketones is 1. The van der Waals surface area contributed by atoms with Gasteiger partial charge in [-0.1, -0.05) is 18.9 Å². The molecule has 2 heteroatoms. The van der Waals surface area contributed by atoms with Crippen LogP contribution in [0.25, 0.3) is 0 Å². The summed E-state index contributed by atoms with van der Waals surface area (Å²) < 4.78 is 0. The van der Waals surface area contributed by atoms with Crippen LogP contribution in [0.15, 0.2) is 11.6 Å². The predicted octanol–water partition coefficient (Wildman–Crippen LogP) is 2.96. The van der Waals surface area contributed by atoms with Crippen molar-refractivity contribution in [1.29, 1.82) is 0 Å². The zero-order valence-corrected chi connectivity index (χ0v) is 10.1. The summed E-state index contributed by atoms with van der Waals surface area (Å²) in [5, 5.41) is 0. The first kappa shape index (κ1) is 11.8. The normalized spacial score (nSPS) is 31.7. The lowest BCUT2D eigenvalue weighted by molar-refractivity contribution is -0.120. The van der Waals surface area contributed by atoms with Gasteiger partial charge in [-0.25, -0.2) is 0 Å². The second-order valence-corrected chi connectivity index (χ2v) is 5.32. The Bertz CT molecular complexity index is 282. The molecule has 90 valence electrons. The molecule has 0 aromatic heterocycles. The van der Waals surface area contributed by atoms with E-state index < -0.39 is 0 Å². The number of hydrogen-bond donors (Lipinski definition) is 1. The summed E-state index contributed by atoms with van der Waals surface area (Å²) in [4.78, 5) is 12.3. The average molecular weight is 221 g/mol. The monoisotopic (exact) mass is 221 g/mol. The summed E-state index contributed by atoms with van der Waals surface area (Å²) in [5.74, 6) is 0.644. The van der Waals surface area contributed by atoms with Gasteiger partial charge in [-0.05, 0) is 50.5 Å². The number of carbonyl (C=O) groups excluding carboxylic acids is 1. The van der Waals surface area contributed by atoms with E-state index in [2.05, 4.69) is 6.08 Å². The van der Waals surface area contributed by atoms with Crippen LogP contribution in [0.2, 0.25) is 0 Å². The van der Waals surface area contributed by atoms with Gasteiger partial charge in [0.1, 0.15) is 0 Å². The molecule has 2 rings (SSSR count). The number of carbonyl (C=O) groups is 1. The van der Waals surface area contributed by atoms with Crippen molar-refractivity contribution >= 4 is 5.78 Å². The Hall–Kier alpha value is -0.630. The maximum atomic E-state index is 12.3. The van der Waals surface area contributed by atoms with Gasteiger partial charge in [-0.2, -0.15) is 0 Å². The molecule has 1 saturated carbocycles. The highest BCUT2D eigenvalue weighted by Crippen LogP contribution is 2.29. The van der Waals surface area contributed by atoms with Gasteiger partial charge >= 0.3 is 0 Å². The molecular weight excluding hydrogens is 198 g/mol. The number of rotatable bonds is 2. The Labute approximate surface area is 98.3 Å². The number of nitrogens with two attached hydrogens (primary N) is 1. The van der Waals surface area contributed by atoms with Gasteiger partial charge in [0.25, 0.3) is 0 Å². The largest absolute Gasteiger partial charge is 0.328 e. The minimum absolute atomic E-state index is 0.230. The summed E-state index contributed by atoms with van der Waals surface area (Å²) in [5.41, 5.74) is 7.06. The molecule has 0 radical (unpaired) electrons. The maximum Gasteiger partial charge on any atom is 0.161 e. The number of Topliss-reactive ketones (excluding diaryl/α,β-unsaturated/α-hetero) is 1. The zero-order valence-electron chi connectivity index (χ0n) is 10.1. The average Bonchev–Trinajstić information content (AvgIpc) is 2.56. The first-order valence-electron chi connectivity index (χ1n) is 6.76. The molecule has 1 fully saturated rings. The van der Waals surface area contributed by atoms with Gasteiger partial charge in [-0.3, -0.25) is 4.79 Å². The van der Waals surface area contributed by atoms with Gasteiger partial charge in [0, 0.05) is 12.0 Å². The van der Waals surface area contributed by atoms with E-state index in [-0.39, 0.29) is 12.0 Å². The van der Waals surface area contributed by atoms with Crippen molar-refractivity contribution < 1.29 is 4.79 Å². The van der Waals surface area contributed by atoms with E-state index in [9.17, 15) is 4.79 Å². The summed E-state index contributed by atoms with van der Waals surface area (Å²) in [6.45, 7) is 0. The minimum atomic E-state index is 0.230. The molecule has 0 bridgehead atoms. The summed E-state index contributed by atoms with van der Waals surface area (Å²) in [7, 11) is 0. The molecule has 2 aliphatic rings. The lowest BCUT2D eigenvalue weighted by Crippen LogP contribution is -2.32. The molecule has 2 aliphatic carbocycles. The lowest BCUT2D eigenvalue weighted by atomic mass is 9.80. The van der Waals surface area contributed by atoms with Crippen molar-refractivity contribution in [1.82, 2.24) is 0 Å². The van der Waals surface area contributed by atoms with E-state index in [0.29, 0.717) is 5.78 Å². The molecule has 2 N–H and O–H groups in total. The third kappa shape index (κ3) is 2.94. The maximum absolute atomic E-state index is 12.3. The van der Waals surface area contributed by atoms with Gasteiger partial charge in [0.2, 0.25) is 0 Å². The van der Waals surface area contributed by atoms with Gasteiger partial charge in [0.15, 0.2) is 5.78 Å². The minimum Gasteiger partial charge on any atom is -0.328 e. The molecule has 0 aliphatic heterocycles. The first-order valence-corrected chi connectivity index (χ1v) is 6.76. The Balaban J connectivity index is 1.97. The molecule has 0 aromatic rings. The lowest BCUT2D eigenvalue weighted by Gasteiger charge is -2.26. The zero-order chi connectivity index (χ0) is 11.4. The van der Waals surface area contributed by atoms with Gasteiger partial charge in [0.05, 0.1) is 0 Å². The molecule has 0 amide bonds. The van der Waals surface area contributed by atoms with Crippen molar-refractivity contribution in [2.75, 3.05) is 0 Å². The molecule has 16 heavy (non-hydrogen) atoms. The Kier molecular flexibility index (Phi) is 4.16. The molecular formula is C14H23NO. The van der Waals surface area contributed by atoms with Crippen LogP contribution in [-0.4, -0.2) is 11.8 Å². The Morgan fingerprint density at radius 3 is 2.88 bits per heavy atom. The van der Waals surface area contributed by atoms with E-state index in [1.54, 1.807) is 0 Å². The first-order chi connectivity index (χ1) is 7.77. The topological polar surface area (TPSA) is 43.1 Å². The van der Waals surface area contributed by atoms with E-state index >= 15 is 0 Å². The van der Waals surface area contributed by atoms with E-state index in [1.807, 2.05) is 0 Å². The van der Waals surface area contributed by atoms with E-state index in [4.69, 9.17) is 5.73 Å². The van der Waals surface area contributed by atoms with Crippen LogP contribution >= 0.6 is 0 Å². The van der Waals surface area contributed by atoms with Crippen LogP contribution in [0.5, 0.6) is 0 Å². The molecule has 0 saturated heterocycles. The molecule has 2 atom stereocenters. The molecule has 2 nitrogen and oxygen atoms in total. The van der Waals surface area contributed by atoms with Crippen molar-refractivity contribution in [2.24, 2.45) is 11.7 Å². The van der Waals surface area contributed by atoms with E-state index in [0.717, 1.165) is 44.1 Å². The van der Waals surface area contributed by atoms with Gasteiger partial charge in [-0.15, -0.1) is 0 Å². The fraction of sp³-hybridized carbons (Fsp3) is 0.786. The second kappa shape index (κ2) is 5.62. The summed E-state index contributed by atoms with van der Waals surface area (Å²) >= 11 is 0. The van der Waals surface area contributed by atoms with Crippen molar-refractivity contribution in [3.8, 4) is 0 Å². The Morgan fingerprint density at radius 2 is 2.06 bits per heavy atom. The highest BCUT2D eigenvalue weighted by atomic mass is 16.1. The summed E-state index contributed by atoms with van der Waals surface area (Å²) in [6.07, 6.45) is 12.2. The highest BCUT2D eigenvalue weighted by molar-refractivity contribution is 5.97. The van der Waals surface area contributed by atoms with Crippen molar-refractivity contribution in [3.05, 3.63) is 11.6 Å². The molecule has 2 unspecified atom stereocenters. The SMILES string of the molecule is NC1CCCC(C(=O)C2=CCCCCC2)C1. The van der Waals surface area contributed by atoms with E-state index in [1.165, 1.54) is 19.3 Å². The smallest absolute Gasteiger partial charge is 0.161 e. The second-order valence-electron chi connectivity index (χ2n) is 5.32. The number of hydrogen-bond acceptors (Lipinski definition) is 2. The third-order valence-electron chi connectivity index (χ3n) is 3.94. The summed E-state index contributed by atoms with van der Waals surface area (Å²) in [6, 6.07) is 0.258. The number of allylic oxidation sites excluding steroid dienone is 2. The molecule has 0 spiro atoms.